The van der Waals surface area contributed by atoms with Gasteiger partial charge >= 0.3 is 0 Å². The number of rotatable bonds is 5. The minimum absolute atomic E-state index is 0. The zero-order valence-corrected chi connectivity index (χ0v) is 11.3. The lowest BCUT2D eigenvalue weighted by atomic mass is 10.3. The Labute approximate surface area is 112 Å². The molecule has 5 heteroatoms. The molecule has 3 N–H and O–H groups in total. The molecular formula is C12H18BrN3O. The van der Waals surface area contributed by atoms with Gasteiger partial charge in [0.15, 0.2) is 5.96 Å². The zero-order valence-electron chi connectivity index (χ0n) is 9.63. The lowest BCUT2D eigenvalue weighted by molar-refractivity contribution is 0.328. The summed E-state index contributed by atoms with van der Waals surface area (Å²) in [5, 5.41) is 3.12. The molecule has 1 aromatic rings. The van der Waals surface area contributed by atoms with Gasteiger partial charge in [-0.25, -0.2) is 4.99 Å². The summed E-state index contributed by atoms with van der Waals surface area (Å²) >= 11 is 0. The molecule has 0 aliphatic heterocycles. The van der Waals surface area contributed by atoms with Crippen LogP contribution in [0.3, 0.4) is 0 Å². The van der Waals surface area contributed by atoms with Crippen LogP contribution in [0.5, 0.6) is 5.75 Å². The maximum atomic E-state index is 5.68. The quantitative estimate of drug-likeness (QED) is 0.494. The fourth-order valence-corrected chi connectivity index (χ4v) is 1.33. The van der Waals surface area contributed by atoms with Gasteiger partial charge < -0.3 is 15.8 Å². The molecule has 0 heterocycles. The van der Waals surface area contributed by atoms with Crippen molar-refractivity contribution in [2.75, 3.05) is 13.2 Å². The van der Waals surface area contributed by atoms with Crippen LogP contribution in [0.15, 0.2) is 35.3 Å². The van der Waals surface area contributed by atoms with Crippen molar-refractivity contribution in [2.45, 2.75) is 18.9 Å². The average Bonchev–Trinajstić information content (AvgIpc) is 3.10. The second-order valence-electron chi connectivity index (χ2n) is 3.85. The van der Waals surface area contributed by atoms with E-state index in [0.717, 1.165) is 5.75 Å². The van der Waals surface area contributed by atoms with Crippen LogP contribution in [0.25, 0.3) is 0 Å². The zero-order chi connectivity index (χ0) is 11.2. The van der Waals surface area contributed by atoms with Gasteiger partial charge in [0.2, 0.25) is 0 Å². The maximum Gasteiger partial charge on any atom is 0.188 e. The Kier molecular flexibility index (Phi) is 5.83. The highest BCUT2D eigenvalue weighted by Crippen LogP contribution is 2.17. The standard InChI is InChI=1S/C12H17N3O.BrH/c13-12(15-10-6-7-10)14-8-9-16-11-4-2-1-3-5-11;/h1-5,10H,6-9H2,(H3,13,14,15);1H. The van der Waals surface area contributed by atoms with Gasteiger partial charge in [-0.3, -0.25) is 0 Å². The van der Waals surface area contributed by atoms with Gasteiger partial charge in [0.05, 0.1) is 6.54 Å². The van der Waals surface area contributed by atoms with E-state index < -0.39 is 0 Å². The van der Waals surface area contributed by atoms with E-state index in [1.165, 1.54) is 12.8 Å². The number of halogens is 1. The third-order valence-electron chi connectivity index (χ3n) is 2.31. The summed E-state index contributed by atoms with van der Waals surface area (Å²) in [5.74, 6) is 1.39. The summed E-state index contributed by atoms with van der Waals surface area (Å²) < 4.78 is 5.49. The van der Waals surface area contributed by atoms with E-state index in [2.05, 4.69) is 10.3 Å². The fraction of sp³-hybridized carbons (Fsp3) is 0.417. The van der Waals surface area contributed by atoms with Crippen LogP contribution >= 0.6 is 17.0 Å². The summed E-state index contributed by atoms with van der Waals surface area (Å²) in [4.78, 5) is 4.18. The van der Waals surface area contributed by atoms with E-state index >= 15 is 0 Å². The van der Waals surface area contributed by atoms with E-state index in [1.54, 1.807) is 0 Å². The first-order chi connectivity index (χ1) is 7.84. The number of para-hydroxylation sites is 1. The second-order valence-corrected chi connectivity index (χ2v) is 3.85. The number of benzene rings is 1. The Morgan fingerprint density at radius 1 is 1.35 bits per heavy atom. The van der Waals surface area contributed by atoms with E-state index in [0.29, 0.717) is 25.2 Å². The normalized spacial score (nSPS) is 14.9. The third-order valence-corrected chi connectivity index (χ3v) is 2.31. The molecule has 0 unspecified atom stereocenters. The number of hydrogen-bond acceptors (Lipinski definition) is 2. The fourth-order valence-electron chi connectivity index (χ4n) is 1.33. The molecule has 1 aliphatic rings. The van der Waals surface area contributed by atoms with E-state index in [9.17, 15) is 0 Å². The van der Waals surface area contributed by atoms with Gasteiger partial charge in [-0.2, -0.15) is 0 Å². The molecule has 2 rings (SSSR count). The first kappa shape index (κ1) is 13.8. The molecular weight excluding hydrogens is 282 g/mol. The van der Waals surface area contributed by atoms with E-state index in [4.69, 9.17) is 10.5 Å². The largest absolute Gasteiger partial charge is 0.492 e. The summed E-state index contributed by atoms with van der Waals surface area (Å²) in [6, 6.07) is 10.3. The highest BCUT2D eigenvalue weighted by molar-refractivity contribution is 8.93. The Morgan fingerprint density at radius 3 is 2.71 bits per heavy atom. The number of ether oxygens (including phenoxy) is 1. The number of nitrogens with two attached hydrogens (primary N) is 1. The third kappa shape index (κ3) is 5.58. The van der Waals surface area contributed by atoms with Crippen LogP contribution in [0.4, 0.5) is 0 Å². The van der Waals surface area contributed by atoms with Crippen LogP contribution in [0, 0.1) is 0 Å². The van der Waals surface area contributed by atoms with Gasteiger partial charge in [-0.1, -0.05) is 18.2 Å². The van der Waals surface area contributed by atoms with Crippen LogP contribution in [-0.4, -0.2) is 25.2 Å². The number of guanidine groups is 1. The van der Waals surface area contributed by atoms with Crippen molar-refractivity contribution in [1.29, 1.82) is 0 Å². The number of nitrogens with one attached hydrogen (secondary N) is 1. The van der Waals surface area contributed by atoms with Crippen LogP contribution in [0.2, 0.25) is 0 Å². The van der Waals surface area contributed by atoms with Crippen molar-refractivity contribution in [1.82, 2.24) is 5.32 Å². The van der Waals surface area contributed by atoms with Crippen LogP contribution in [-0.2, 0) is 0 Å². The molecule has 0 bridgehead atoms. The molecule has 4 nitrogen and oxygen atoms in total. The molecule has 1 aliphatic carbocycles. The Morgan fingerprint density at radius 2 is 2.06 bits per heavy atom. The molecule has 0 aromatic heterocycles. The van der Waals surface area contributed by atoms with Gasteiger partial charge in [0.1, 0.15) is 12.4 Å². The molecule has 0 saturated heterocycles. The van der Waals surface area contributed by atoms with E-state index in [1.807, 2.05) is 30.3 Å². The lowest BCUT2D eigenvalue weighted by Crippen LogP contribution is -2.33. The Balaban J connectivity index is 0.00000144. The predicted octanol–water partition coefficient (Wildman–Crippen LogP) is 1.71. The molecule has 1 saturated carbocycles. The smallest absolute Gasteiger partial charge is 0.188 e. The van der Waals surface area contributed by atoms with Gasteiger partial charge in [-0.05, 0) is 25.0 Å². The maximum absolute atomic E-state index is 5.68. The summed E-state index contributed by atoms with van der Waals surface area (Å²) in [6.07, 6.45) is 2.41. The molecule has 1 aromatic carbocycles. The van der Waals surface area contributed by atoms with Crippen molar-refractivity contribution >= 4 is 22.9 Å². The van der Waals surface area contributed by atoms with Gasteiger partial charge in [0, 0.05) is 6.04 Å². The Hall–Kier alpha value is -1.23. The van der Waals surface area contributed by atoms with E-state index in [-0.39, 0.29) is 17.0 Å². The van der Waals surface area contributed by atoms with Crippen molar-refractivity contribution in [3.63, 3.8) is 0 Å². The first-order valence-electron chi connectivity index (χ1n) is 5.59. The summed E-state index contributed by atoms with van der Waals surface area (Å²) in [5.41, 5.74) is 5.68. The topological polar surface area (TPSA) is 59.6 Å². The molecule has 0 radical (unpaired) electrons. The van der Waals surface area contributed by atoms with Gasteiger partial charge in [-0.15, -0.1) is 17.0 Å². The second kappa shape index (κ2) is 7.17. The summed E-state index contributed by atoms with van der Waals surface area (Å²) in [6.45, 7) is 1.14. The minimum Gasteiger partial charge on any atom is -0.492 e. The molecule has 0 atom stereocenters. The highest BCUT2D eigenvalue weighted by atomic mass is 79.9. The molecule has 17 heavy (non-hydrogen) atoms. The van der Waals surface area contributed by atoms with Crippen LogP contribution < -0.4 is 15.8 Å². The summed E-state index contributed by atoms with van der Waals surface area (Å²) in [7, 11) is 0. The van der Waals surface area contributed by atoms with Crippen molar-refractivity contribution in [3.8, 4) is 5.75 Å². The minimum atomic E-state index is 0. The van der Waals surface area contributed by atoms with Crippen molar-refractivity contribution < 1.29 is 4.74 Å². The molecule has 1 fully saturated rings. The molecule has 94 valence electrons. The number of aliphatic imine (C=N–C) groups is 1. The monoisotopic (exact) mass is 299 g/mol. The Bertz CT molecular complexity index is 352. The first-order valence-corrected chi connectivity index (χ1v) is 5.59. The predicted molar refractivity (Wildman–Crippen MR) is 74.9 cm³/mol. The van der Waals surface area contributed by atoms with Crippen molar-refractivity contribution in [2.24, 2.45) is 10.7 Å². The van der Waals surface area contributed by atoms with Crippen LogP contribution in [0.1, 0.15) is 12.8 Å². The number of hydrogen-bond donors (Lipinski definition) is 2. The van der Waals surface area contributed by atoms with Crippen molar-refractivity contribution in [3.05, 3.63) is 30.3 Å². The highest BCUT2D eigenvalue weighted by Gasteiger charge is 2.21. The number of nitrogens with zero attached hydrogens (tertiary/aromatic N) is 1. The van der Waals surface area contributed by atoms with Gasteiger partial charge in [0.25, 0.3) is 0 Å². The average molecular weight is 300 g/mol. The lowest BCUT2D eigenvalue weighted by Gasteiger charge is -2.05. The SMILES string of the molecule is Br.NC(=NCCOc1ccccc1)NC1CC1. The molecule has 0 spiro atoms. The molecule has 0 amide bonds.